The van der Waals surface area contributed by atoms with E-state index in [-0.39, 0.29) is 6.61 Å². The van der Waals surface area contributed by atoms with Crippen LogP contribution < -0.4 is 4.74 Å². The van der Waals surface area contributed by atoms with Crippen molar-refractivity contribution in [3.8, 4) is 23.3 Å². The highest BCUT2D eigenvalue weighted by molar-refractivity contribution is 9.10. The van der Waals surface area contributed by atoms with Gasteiger partial charge in [-0.3, -0.25) is 0 Å². The number of carbonyl (C=O) groups is 1. The molecule has 0 aliphatic rings. The molecule has 0 fully saturated rings. The van der Waals surface area contributed by atoms with E-state index in [1.54, 1.807) is 30.0 Å². The fourth-order valence-electron chi connectivity index (χ4n) is 2.23. The van der Waals surface area contributed by atoms with Crippen LogP contribution in [0.3, 0.4) is 0 Å². The average Bonchev–Trinajstić information content (AvgIpc) is 3.18. The summed E-state index contributed by atoms with van der Waals surface area (Å²) in [6.07, 6.45) is 0. The number of aromatic nitrogens is 4. The summed E-state index contributed by atoms with van der Waals surface area (Å²) in [5, 5.41) is 12.3. The van der Waals surface area contributed by atoms with Crippen molar-refractivity contribution in [2.45, 2.75) is 5.16 Å². The Hall–Kier alpha value is -2.83. The number of halogens is 1. The Morgan fingerprint density at radius 1 is 1.21 bits per heavy atom. The molecule has 0 atom stereocenters. The first-order valence-corrected chi connectivity index (χ1v) is 9.90. The summed E-state index contributed by atoms with van der Waals surface area (Å²) >= 11 is 4.69. The van der Waals surface area contributed by atoms with E-state index < -0.39 is 5.97 Å². The summed E-state index contributed by atoms with van der Waals surface area (Å²) in [5.41, 5.74) is 1.22. The molecule has 0 aliphatic heterocycles. The van der Waals surface area contributed by atoms with E-state index >= 15 is 0 Å². The van der Waals surface area contributed by atoms with Crippen LogP contribution in [0.15, 0.2) is 58.2 Å². The van der Waals surface area contributed by atoms with Gasteiger partial charge in [-0.1, -0.05) is 57.7 Å². The Kier molecular flexibility index (Phi) is 7.06. The molecule has 0 unspecified atom stereocenters. The van der Waals surface area contributed by atoms with Gasteiger partial charge in [0.05, 0.1) is 18.4 Å². The first kappa shape index (κ1) is 19.9. The lowest BCUT2D eigenvalue weighted by Crippen LogP contribution is -2.05. The Morgan fingerprint density at radius 3 is 2.89 bits per heavy atom. The van der Waals surface area contributed by atoms with E-state index in [1.165, 1.54) is 11.8 Å². The molecule has 0 amide bonds. The molecule has 0 saturated carbocycles. The predicted octanol–water partition coefficient (Wildman–Crippen LogP) is 3.39. The third-order valence-electron chi connectivity index (χ3n) is 3.49. The zero-order valence-corrected chi connectivity index (χ0v) is 17.2. The van der Waals surface area contributed by atoms with E-state index in [9.17, 15) is 4.79 Å². The minimum absolute atomic E-state index is 0.0172. The van der Waals surface area contributed by atoms with Gasteiger partial charge in [-0.05, 0) is 40.8 Å². The van der Waals surface area contributed by atoms with Gasteiger partial charge in [0, 0.05) is 4.47 Å². The van der Waals surface area contributed by atoms with Crippen LogP contribution in [-0.4, -0.2) is 45.6 Å². The summed E-state index contributed by atoms with van der Waals surface area (Å²) < 4.78 is 12.9. The summed E-state index contributed by atoms with van der Waals surface area (Å²) in [6.45, 7) is 0.0172. The maximum atomic E-state index is 11.9. The lowest BCUT2D eigenvalue weighted by atomic mass is 10.2. The number of benzene rings is 2. The molecule has 142 valence electrons. The van der Waals surface area contributed by atoms with Crippen molar-refractivity contribution in [1.82, 2.24) is 20.2 Å². The van der Waals surface area contributed by atoms with Crippen molar-refractivity contribution < 1.29 is 14.3 Å². The van der Waals surface area contributed by atoms with Crippen molar-refractivity contribution in [3.05, 3.63) is 58.6 Å². The number of rotatable bonds is 6. The number of tetrazole rings is 1. The number of hydrogen-bond acceptors (Lipinski definition) is 7. The maximum Gasteiger partial charge on any atom is 0.339 e. The highest BCUT2D eigenvalue weighted by Crippen LogP contribution is 2.25. The second-order valence-electron chi connectivity index (χ2n) is 5.27. The van der Waals surface area contributed by atoms with Crippen molar-refractivity contribution in [2.24, 2.45) is 0 Å². The molecule has 0 spiro atoms. The first-order chi connectivity index (χ1) is 13.7. The van der Waals surface area contributed by atoms with E-state index in [2.05, 4.69) is 43.3 Å². The molecule has 7 nitrogen and oxygen atoms in total. The molecule has 28 heavy (non-hydrogen) atoms. The Morgan fingerprint density at radius 2 is 2.07 bits per heavy atom. The van der Waals surface area contributed by atoms with Gasteiger partial charge in [0.15, 0.2) is 6.61 Å². The average molecular weight is 459 g/mol. The SMILES string of the molecule is COc1ccccc1-n1nnnc1SCC#CCOC(=O)c1cccc(Br)c1. The van der Waals surface area contributed by atoms with Crippen molar-refractivity contribution >= 4 is 33.7 Å². The maximum absolute atomic E-state index is 11.9. The molecule has 0 bridgehead atoms. The standard InChI is InChI=1S/C19H15BrN4O3S/c1-26-17-10-3-2-9-16(17)24-19(21-22-23-24)28-12-5-4-11-27-18(25)14-7-6-8-15(20)13-14/h2-3,6-10,13H,11-12H2,1H3. The fourth-order valence-corrected chi connectivity index (χ4v) is 3.28. The molecule has 9 heteroatoms. The normalized spacial score (nSPS) is 10.1. The molecule has 3 aromatic rings. The number of para-hydroxylation sites is 2. The van der Waals surface area contributed by atoms with Gasteiger partial charge < -0.3 is 9.47 Å². The van der Waals surface area contributed by atoms with Gasteiger partial charge >= 0.3 is 5.97 Å². The lowest BCUT2D eigenvalue weighted by Gasteiger charge is -2.08. The highest BCUT2D eigenvalue weighted by atomic mass is 79.9. The molecule has 3 rings (SSSR count). The second kappa shape index (κ2) is 9.92. The Labute approximate surface area is 174 Å². The topological polar surface area (TPSA) is 79.1 Å². The van der Waals surface area contributed by atoms with E-state index in [0.717, 1.165) is 10.2 Å². The van der Waals surface area contributed by atoms with Crippen LogP contribution in [-0.2, 0) is 4.74 Å². The lowest BCUT2D eigenvalue weighted by molar-refractivity contribution is 0.0556. The third kappa shape index (κ3) is 5.12. The van der Waals surface area contributed by atoms with E-state index in [0.29, 0.717) is 22.2 Å². The largest absolute Gasteiger partial charge is 0.494 e. The predicted molar refractivity (Wildman–Crippen MR) is 109 cm³/mol. The van der Waals surface area contributed by atoms with Crippen molar-refractivity contribution in [2.75, 3.05) is 19.5 Å². The zero-order valence-electron chi connectivity index (χ0n) is 14.8. The van der Waals surface area contributed by atoms with Crippen LogP contribution in [0.2, 0.25) is 0 Å². The number of carbonyl (C=O) groups excluding carboxylic acids is 1. The number of esters is 1. The fraction of sp³-hybridized carbons (Fsp3) is 0.158. The van der Waals surface area contributed by atoms with E-state index in [1.807, 2.05) is 30.3 Å². The number of ether oxygens (including phenoxy) is 2. The molecule has 2 aromatic carbocycles. The molecule has 0 N–H and O–H groups in total. The van der Waals surface area contributed by atoms with Crippen LogP contribution in [0.5, 0.6) is 5.75 Å². The number of nitrogens with zero attached hydrogens (tertiary/aromatic N) is 4. The van der Waals surface area contributed by atoms with Crippen molar-refractivity contribution in [1.29, 1.82) is 0 Å². The molecule has 0 radical (unpaired) electrons. The quantitative estimate of drug-likeness (QED) is 0.318. The van der Waals surface area contributed by atoms with Crippen molar-refractivity contribution in [3.63, 3.8) is 0 Å². The zero-order chi connectivity index (χ0) is 19.8. The van der Waals surface area contributed by atoms with Gasteiger partial charge in [-0.25, -0.2) is 4.79 Å². The Balaban J connectivity index is 1.53. The monoisotopic (exact) mass is 458 g/mol. The molecule has 1 heterocycles. The molecule has 1 aromatic heterocycles. The van der Waals surface area contributed by atoms with E-state index in [4.69, 9.17) is 9.47 Å². The number of hydrogen-bond donors (Lipinski definition) is 0. The third-order valence-corrected chi connectivity index (χ3v) is 4.78. The first-order valence-electron chi connectivity index (χ1n) is 8.12. The van der Waals surface area contributed by atoms with Gasteiger partial charge in [-0.2, -0.15) is 4.68 Å². The summed E-state index contributed by atoms with van der Waals surface area (Å²) in [7, 11) is 1.59. The van der Waals surface area contributed by atoms with Crippen LogP contribution >= 0.6 is 27.7 Å². The minimum Gasteiger partial charge on any atom is -0.494 e. The van der Waals surface area contributed by atoms with Crippen LogP contribution in [0.1, 0.15) is 10.4 Å². The highest BCUT2D eigenvalue weighted by Gasteiger charge is 2.12. The van der Waals surface area contributed by atoms with Gasteiger partial charge in [-0.15, -0.1) is 5.10 Å². The second-order valence-corrected chi connectivity index (χ2v) is 7.13. The molecule has 0 aliphatic carbocycles. The van der Waals surface area contributed by atoms with Gasteiger partial charge in [0.2, 0.25) is 5.16 Å². The summed E-state index contributed by atoms with van der Waals surface area (Å²) in [5.74, 6) is 6.46. The Bertz CT molecular complexity index is 1030. The van der Waals surface area contributed by atoms with Crippen LogP contribution in [0.25, 0.3) is 5.69 Å². The molecule has 0 saturated heterocycles. The van der Waals surface area contributed by atoms with Gasteiger partial charge in [0.25, 0.3) is 0 Å². The van der Waals surface area contributed by atoms with Crippen LogP contribution in [0.4, 0.5) is 0 Å². The number of methoxy groups -OCH3 is 1. The van der Waals surface area contributed by atoms with Gasteiger partial charge in [0.1, 0.15) is 11.4 Å². The smallest absolute Gasteiger partial charge is 0.339 e. The molecular weight excluding hydrogens is 444 g/mol. The summed E-state index contributed by atoms with van der Waals surface area (Å²) in [6, 6.07) is 14.5. The van der Waals surface area contributed by atoms with Crippen LogP contribution in [0, 0.1) is 11.8 Å². The summed E-state index contributed by atoms with van der Waals surface area (Å²) in [4.78, 5) is 11.9. The molecular formula is C19H15BrN4O3S. The minimum atomic E-state index is -0.414. The number of thioether (sulfide) groups is 1.